The predicted octanol–water partition coefficient (Wildman–Crippen LogP) is 3.09. The van der Waals surface area contributed by atoms with Crippen molar-refractivity contribution >= 4 is 5.97 Å². The molecule has 0 N–H and O–H groups in total. The van der Waals surface area contributed by atoms with Crippen LogP contribution in [0.5, 0.6) is 0 Å². The molecule has 0 spiro atoms. The van der Waals surface area contributed by atoms with Gasteiger partial charge in [-0.1, -0.05) is 6.08 Å². The Morgan fingerprint density at radius 3 is 2.25 bits per heavy atom. The lowest BCUT2D eigenvalue weighted by Crippen LogP contribution is -2.45. The lowest BCUT2D eigenvalue weighted by molar-refractivity contribution is -0.139. The first-order chi connectivity index (χ1) is 9.62. The molecular formula is C17H24O3. The summed E-state index contributed by atoms with van der Waals surface area (Å²) in [5, 5.41) is 0. The Morgan fingerprint density at radius 2 is 1.75 bits per heavy atom. The molecular weight excluding hydrogens is 252 g/mol. The number of esters is 1. The number of ether oxygens (including phenoxy) is 2. The minimum atomic E-state index is -0.142. The van der Waals surface area contributed by atoms with Crippen molar-refractivity contribution in [3.05, 3.63) is 11.6 Å². The van der Waals surface area contributed by atoms with Crippen LogP contribution in [0.4, 0.5) is 0 Å². The Balaban J connectivity index is 1.45. The zero-order chi connectivity index (χ0) is 13.7. The molecule has 5 rings (SSSR count). The van der Waals surface area contributed by atoms with Gasteiger partial charge < -0.3 is 9.47 Å². The molecule has 1 aliphatic heterocycles. The quantitative estimate of drug-likeness (QED) is 0.450. The number of carbonyl (C=O) groups excluding carboxylic acids is 1. The average molecular weight is 276 g/mol. The van der Waals surface area contributed by atoms with Crippen LogP contribution in [0.25, 0.3) is 0 Å². The fourth-order valence-electron chi connectivity index (χ4n) is 5.32. The van der Waals surface area contributed by atoms with E-state index in [0.29, 0.717) is 12.0 Å². The lowest BCUT2D eigenvalue weighted by atomic mass is 9.49. The molecule has 5 aliphatic rings. The molecule has 0 amide bonds. The third-order valence-electron chi connectivity index (χ3n) is 5.73. The second kappa shape index (κ2) is 4.59. The van der Waals surface area contributed by atoms with Crippen molar-refractivity contribution < 1.29 is 14.3 Å². The van der Waals surface area contributed by atoms with Gasteiger partial charge in [0, 0.05) is 5.57 Å². The van der Waals surface area contributed by atoms with Crippen molar-refractivity contribution in [1.29, 1.82) is 0 Å². The van der Waals surface area contributed by atoms with E-state index in [1.807, 2.05) is 6.92 Å². The third kappa shape index (κ3) is 2.41. The van der Waals surface area contributed by atoms with Crippen molar-refractivity contribution in [3.63, 3.8) is 0 Å². The second-order valence-corrected chi connectivity index (χ2v) is 7.66. The maximum Gasteiger partial charge on any atom is 0.333 e. The average Bonchev–Trinajstić information content (AvgIpc) is 3.17. The van der Waals surface area contributed by atoms with E-state index >= 15 is 0 Å². The fourth-order valence-corrected chi connectivity index (χ4v) is 5.32. The fraction of sp³-hybridized carbons (Fsp3) is 0.824. The van der Waals surface area contributed by atoms with Crippen LogP contribution in [0.15, 0.2) is 11.6 Å². The number of rotatable bonds is 4. The normalized spacial score (nSPS) is 45.5. The van der Waals surface area contributed by atoms with Crippen molar-refractivity contribution in [2.75, 3.05) is 13.2 Å². The number of hydrogen-bond donors (Lipinski definition) is 0. The Hall–Kier alpha value is -0.830. The van der Waals surface area contributed by atoms with E-state index in [1.165, 1.54) is 38.5 Å². The van der Waals surface area contributed by atoms with Crippen LogP contribution in [0.3, 0.4) is 0 Å². The maximum absolute atomic E-state index is 12.1. The van der Waals surface area contributed by atoms with E-state index in [-0.39, 0.29) is 12.1 Å². The summed E-state index contributed by atoms with van der Waals surface area (Å²) in [6, 6.07) is 0. The summed E-state index contributed by atoms with van der Waals surface area (Å²) in [6.07, 6.45) is 10.7. The molecule has 3 nitrogen and oxygen atoms in total. The van der Waals surface area contributed by atoms with E-state index in [4.69, 9.17) is 9.47 Å². The van der Waals surface area contributed by atoms with Gasteiger partial charge in [0.25, 0.3) is 0 Å². The van der Waals surface area contributed by atoms with Crippen LogP contribution in [-0.4, -0.2) is 25.3 Å². The molecule has 3 heteroatoms. The lowest BCUT2D eigenvalue weighted by Gasteiger charge is -2.56. The van der Waals surface area contributed by atoms with Gasteiger partial charge in [-0.25, -0.2) is 4.79 Å². The second-order valence-electron chi connectivity index (χ2n) is 7.66. The molecule has 5 fully saturated rings. The summed E-state index contributed by atoms with van der Waals surface area (Å²) in [5.74, 6) is 2.61. The largest absolute Gasteiger partial charge is 0.459 e. The summed E-state index contributed by atoms with van der Waals surface area (Å²) < 4.78 is 10.4. The molecule has 1 saturated heterocycles. The SMILES string of the molecule is CC(=CC12CC3CC(CC(C3)C1)C2)C(=O)OCC1CO1. The molecule has 0 radical (unpaired) electrons. The van der Waals surface area contributed by atoms with Crippen LogP contribution in [0.2, 0.25) is 0 Å². The maximum atomic E-state index is 12.1. The summed E-state index contributed by atoms with van der Waals surface area (Å²) in [7, 11) is 0. The number of epoxide rings is 1. The van der Waals surface area contributed by atoms with Gasteiger partial charge in [0.2, 0.25) is 0 Å². The van der Waals surface area contributed by atoms with E-state index in [9.17, 15) is 4.79 Å². The first-order valence-corrected chi connectivity index (χ1v) is 8.10. The molecule has 4 aliphatic carbocycles. The molecule has 1 unspecified atom stereocenters. The number of carbonyl (C=O) groups is 1. The van der Waals surface area contributed by atoms with Crippen molar-refractivity contribution in [2.45, 2.75) is 51.6 Å². The highest BCUT2D eigenvalue weighted by molar-refractivity contribution is 5.87. The van der Waals surface area contributed by atoms with Crippen LogP contribution in [-0.2, 0) is 14.3 Å². The Kier molecular flexibility index (Phi) is 2.95. The molecule has 4 bridgehead atoms. The monoisotopic (exact) mass is 276 g/mol. The molecule has 0 aromatic heterocycles. The van der Waals surface area contributed by atoms with E-state index in [0.717, 1.165) is 29.9 Å². The van der Waals surface area contributed by atoms with E-state index in [2.05, 4.69) is 6.08 Å². The summed E-state index contributed by atoms with van der Waals surface area (Å²) in [4.78, 5) is 12.1. The van der Waals surface area contributed by atoms with Crippen LogP contribution in [0.1, 0.15) is 45.4 Å². The zero-order valence-corrected chi connectivity index (χ0v) is 12.3. The molecule has 0 aromatic rings. The minimum absolute atomic E-state index is 0.142. The van der Waals surface area contributed by atoms with E-state index < -0.39 is 0 Å². The first-order valence-electron chi connectivity index (χ1n) is 8.10. The predicted molar refractivity (Wildman–Crippen MR) is 75.1 cm³/mol. The van der Waals surface area contributed by atoms with Gasteiger partial charge in [-0.2, -0.15) is 0 Å². The summed E-state index contributed by atoms with van der Waals surface area (Å²) >= 11 is 0. The number of hydrogen-bond acceptors (Lipinski definition) is 3. The van der Waals surface area contributed by atoms with Crippen LogP contribution >= 0.6 is 0 Å². The smallest absolute Gasteiger partial charge is 0.333 e. The summed E-state index contributed by atoms with van der Waals surface area (Å²) in [5.41, 5.74) is 1.13. The van der Waals surface area contributed by atoms with Crippen molar-refractivity contribution in [1.82, 2.24) is 0 Å². The highest BCUT2D eigenvalue weighted by Crippen LogP contribution is 2.60. The number of allylic oxidation sites excluding steroid dienone is 1. The highest BCUT2D eigenvalue weighted by Gasteiger charge is 2.49. The molecule has 1 atom stereocenters. The molecule has 0 aromatic carbocycles. The van der Waals surface area contributed by atoms with Gasteiger partial charge in [-0.15, -0.1) is 0 Å². The molecule has 20 heavy (non-hydrogen) atoms. The highest BCUT2D eigenvalue weighted by atomic mass is 16.6. The topological polar surface area (TPSA) is 38.8 Å². The van der Waals surface area contributed by atoms with Crippen LogP contribution < -0.4 is 0 Å². The van der Waals surface area contributed by atoms with E-state index in [1.54, 1.807) is 0 Å². The van der Waals surface area contributed by atoms with Gasteiger partial charge in [-0.3, -0.25) is 0 Å². The minimum Gasteiger partial charge on any atom is -0.459 e. The van der Waals surface area contributed by atoms with Crippen molar-refractivity contribution in [2.24, 2.45) is 23.2 Å². The third-order valence-corrected chi connectivity index (χ3v) is 5.73. The Morgan fingerprint density at radius 1 is 1.20 bits per heavy atom. The first kappa shape index (κ1) is 12.9. The molecule has 4 saturated carbocycles. The molecule has 110 valence electrons. The summed E-state index contributed by atoms with van der Waals surface area (Å²) in [6.45, 7) is 3.09. The van der Waals surface area contributed by atoms with Gasteiger partial charge in [0.05, 0.1) is 6.61 Å². The standard InChI is InChI=1S/C17H24O3/c1-11(16(18)20-10-15-9-19-15)5-17-6-12-2-13(7-17)4-14(3-12)8-17/h5,12-15H,2-4,6-10H2,1H3. The van der Waals surface area contributed by atoms with Gasteiger partial charge in [0.1, 0.15) is 12.7 Å². The van der Waals surface area contributed by atoms with Gasteiger partial charge in [0.15, 0.2) is 0 Å². The Labute approximate surface area is 120 Å². The van der Waals surface area contributed by atoms with Gasteiger partial charge >= 0.3 is 5.97 Å². The van der Waals surface area contributed by atoms with Crippen LogP contribution in [0, 0.1) is 23.2 Å². The molecule has 1 heterocycles. The zero-order valence-electron chi connectivity index (χ0n) is 12.3. The van der Waals surface area contributed by atoms with Gasteiger partial charge in [-0.05, 0) is 68.6 Å². The van der Waals surface area contributed by atoms with Crippen molar-refractivity contribution in [3.8, 4) is 0 Å². The Bertz CT molecular complexity index is 412.